The van der Waals surface area contributed by atoms with Crippen molar-refractivity contribution >= 4 is 21.8 Å². The highest BCUT2D eigenvalue weighted by Gasteiger charge is 2.10. The molecule has 0 aliphatic carbocycles. The van der Waals surface area contributed by atoms with Gasteiger partial charge in [0.2, 0.25) is 5.91 Å². The topological polar surface area (TPSA) is 29.1 Å². The fraction of sp³-hybridized carbons (Fsp3) is 0.417. The number of amides is 1. The third-order valence-electron chi connectivity index (χ3n) is 2.14. The van der Waals surface area contributed by atoms with Gasteiger partial charge in [0.1, 0.15) is 0 Å². The smallest absolute Gasteiger partial charge is 0.222 e. The molecule has 0 saturated heterocycles. The van der Waals surface area contributed by atoms with E-state index in [1.165, 1.54) is 5.56 Å². The highest BCUT2D eigenvalue weighted by atomic mass is 79.9. The van der Waals surface area contributed by atoms with Gasteiger partial charge in [0.15, 0.2) is 0 Å². The molecule has 1 N–H and O–H groups in total. The number of carbonyl (C=O) groups is 1. The van der Waals surface area contributed by atoms with Crippen LogP contribution in [0, 0.1) is 5.92 Å². The Bertz CT molecular complexity index is 311. The van der Waals surface area contributed by atoms with Gasteiger partial charge in [-0.05, 0) is 5.56 Å². The number of carbonyl (C=O) groups excluding carboxylic acids is 1. The summed E-state index contributed by atoms with van der Waals surface area (Å²) in [5.41, 5.74) is 1.18. The van der Waals surface area contributed by atoms with Crippen molar-refractivity contribution in [3.05, 3.63) is 35.9 Å². The van der Waals surface area contributed by atoms with Gasteiger partial charge in [0.05, 0.1) is 4.83 Å². The lowest BCUT2D eigenvalue weighted by atomic mass is 10.1. The van der Waals surface area contributed by atoms with E-state index in [1.54, 1.807) is 0 Å². The Morgan fingerprint density at radius 1 is 1.33 bits per heavy atom. The predicted molar refractivity (Wildman–Crippen MR) is 66.0 cm³/mol. The zero-order valence-electron chi connectivity index (χ0n) is 9.03. The average Bonchev–Trinajstić information content (AvgIpc) is 2.26. The first kappa shape index (κ1) is 12.2. The van der Waals surface area contributed by atoms with Gasteiger partial charge >= 0.3 is 0 Å². The van der Waals surface area contributed by atoms with Crippen molar-refractivity contribution < 1.29 is 4.79 Å². The van der Waals surface area contributed by atoms with Crippen molar-refractivity contribution in [3.63, 3.8) is 0 Å². The van der Waals surface area contributed by atoms with Crippen molar-refractivity contribution in [3.8, 4) is 0 Å². The number of alkyl halides is 1. The van der Waals surface area contributed by atoms with Crippen LogP contribution in [0.1, 0.15) is 24.2 Å². The minimum absolute atomic E-state index is 0.0421. The molecule has 0 heterocycles. The summed E-state index contributed by atoms with van der Waals surface area (Å²) in [4.78, 5) is 11.5. The summed E-state index contributed by atoms with van der Waals surface area (Å²) < 4.78 is 0. The fourth-order valence-corrected chi connectivity index (χ4v) is 1.64. The van der Waals surface area contributed by atoms with Crippen LogP contribution in [0.3, 0.4) is 0 Å². The first-order chi connectivity index (χ1) is 7.11. The third-order valence-corrected chi connectivity index (χ3v) is 2.99. The molecule has 1 atom stereocenters. The molecule has 0 aliphatic heterocycles. The van der Waals surface area contributed by atoms with E-state index in [2.05, 4.69) is 21.2 Å². The van der Waals surface area contributed by atoms with Crippen LogP contribution < -0.4 is 5.32 Å². The molecule has 0 fully saturated rings. The van der Waals surface area contributed by atoms with E-state index in [1.807, 2.05) is 44.2 Å². The molecule has 1 unspecified atom stereocenters. The molecule has 1 aromatic rings. The summed E-state index contributed by atoms with van der Waals surface area (Å²) >= 11 is 3.55. The van der Waals surface area contributed by atoms with E-state index in [9.17, 15) is 4.79 Å². The number of benzene rings is 1. The lowest BCUT2D eigenvalue weighted by Gasteiger charge is -2.12. The molecule has 1 amide bonds. The van der Waals surface area contributed by atoms with Crippen LogP contribution >= 0.6 is 15.9 Å². The first-order valence-electron chi connectivity index (χ1n) is 5.08. The largest absolute Gasteiger partial charge is 0.354 e. The molecule has 3 heteroatoms. The predicted octanol–water partition coefficient (Wildman–Crippen LogP) is 2.89. The number of hydrogen-bond donors (Lipinski definition) is 1. The summed E-state index contributed by atoms with van der Waals surface area (Å²) in [6.07, 6.45) is 0. The average molecular weight is 270 g/mol. The second-order valence-corrected chi connectivity index (χ2v) is 4.88. The van der Waals surface area contributed by atoms with Gasteiger partial charge < -0.3 is 5.32 Å². The summed E-state index contributed by atoms with van der Waals surface area (Å²) in [6, 6.07) is 10.1. The van der Waals surface area contributed by atoms with Gasteiger partial charge in [-0.3, -0.25) is 4.79 Å². The Balaban J connectivity index is 2.44. The molecule has 1 rings (SSSR count). The lowest BCUT2D eigenvalue weighted by Crippen LogP contribution is -2.30. The maximum atomic E-state index is 11.3. The standard InChI is InChI=1S/C12H16BrNO/c1-9(2)12(15)14-8-11(13)10-6-4-3-5-7-10/h3-7,9,11H,8H2,1-2H3,(H,14,15). The lowest BCUT2D eigenvalue weighted by molar-refractivity contribution is -0.123. The summed E-state index contributed by atoms with van der Waals surface area (Å²) in [5, 5.41) is 2.89. The van der Waals surface area contributed by atoms with Crippen LogP contribution in [-0.4, -0.2) is 12.5 Å². The maximum Gasteiger partial charge on any atom is 0.222 e. The van der Waals surface area contributed by atoms with Crippen molar-refractivity contribution in [2.24, 2.45) is 5.92 Å². The number of halogens is 1. The monoisotopic (exact) mass is 269 g/mol. The molecule has 82 valence electrons. The Morgan fingerprint density at radius 3 is 2.47 bits per heavy atom. The normalized spacial score (nSPS) is 12.5. The Kier molecular flexibility index (Phi) is 4.82. The maximum absolute atomic E-state index is 11.3. The molecular formula is C12H16BrNO. The molecule has 0 aromatic heterocycles. The van der Waals surface area contributed by atoms with Crippen molar-refractivity contribution in [2.75, 3.05) is 6.54 Å². The number of rotatable bonds is 4. The molecular weight excluding hydrogens is 254 g/mol. The van der Waals surface area contributed by atoms with Crippen molar-refractivity contribution in [1.29, 1.82) is 0 Å². The van der Waals surface area contributed by atoms with E-state index < -0.39 is 0 Å². The zero-order chi connectivity index (χ0) is 11.3. The molecule has 0 saturated carbocycles. The van der Waals surface area contributed by atoms with E-state index in [0.717, 1.165) is 0 Å². The Labute approximate surface area is 99.2 Å². The highest BCUT2D eigenvalue weighted by molar-refractivity contribution is 9.09. The second-order valence-electron chi connectivity index (χ2n) is 3.78. The van der Waals surface area contributed by atoms with Crippen molar-refractivity contribution in [1.82, 2.24) is 5.32 Å². The van der Waals surface area contributed by atoms with Crippen LogP contribution in [0.25, 0.3) is 0 Å². The molecule has 15 heavy (non-hydrogen) atoms. The molecule has 2 nitrogen and oxygen atoms in total. The highest BCUT2D eigenvalue weighted by Crippen LogP contribution is 2.20. The fourth-order valence-electron chi connectivity index (χ4n) is 1.17. The number of nitrogens with one attached hydrogen (secondary N) is 1. The molecule has 0 radical (unpaired) electrons. The summed E-state index contributed by atoms with van der Waals surface area (Å²) in [7, 11) is 0. The van der Waals surface area contributed by atoms with Crippen LogP contribution in [0.5, 0.6) is 0 Å². The minimum atomic E-state index is 0.0421. The van der Waals surface area contributed by atoms with Crippen LogP contribution in [0.15, 0.2) is 30.3 Å². The van der Waals surface area contributed by atoms with E-state index in [0.29, 0.717) is 6.54 Å². The van der Waals surface area contributed by atoms with Gasteiger partial charge in [0.25, 0.3) is 0 Å². The molecule has 0 spiro atoms. The third kappa shape index (κ3) is 4.04. The van der Waals surface area contributed by atoms with Crippen LogP contribution in [0.4, 0.5) is 0 Å². The van der Waals surface area contributed by atoms with E-state index in [4.69, 9.17) is 0 Å². The van der Waals surface area contributed by atoms with Gasteiger partial charge in [-0.1, -0.05) is 60.1 Å². The quantitative estimate of drug-likeness (QED) is 0.837. The molecule has 0 aliphatic rings. The van der Waals surface area contributed by atoms with Gasteiger partial charge in [-0.15, -0.1) is 0 Å². The van der Waals surface area contributed by atoms with E-state index >= 15 is 0 Å². The number of hydrogen-bond acceptors (Lipinski definition) is 1. The Hall–Kier alpha value is -0.830. The van der Waals surface area contributed by atoms with Crippen LogP contribution in [0.2, 0.25) is 0 Å². The second kappa shape index (κ2) is 5.91. The SMILES string of the molecule is CC(C)C(=O)NCC(Br)c1ccccc1. The van der Waals surface area contributed by atoms with Crippen molar-refractivity contribution in [2.45, 2.75) is 18.7 Å². The van der Waals surface area contributed by atoms with Gasteiger partial charge in [-0.25, -0.2) is 0 Å². The summed E-state index contributed by atoms with van der Waals surface area (Å²) in [6.45, 7) is 4.41. The van der Waals surface area contributed by atoms with Gasteiger partial charge in [0, 0.05) is 12.5 Å². The Morgan fingerprint density at radius 2 is 1.93 bits per heavy atom. The van der Waals surface area contributed by atoms with E-state index in [-0.39, 0.29) is 16.7 Å². The zero-order valence-corrected chi connectivity index (χ0v) is 10.6. The minimum Gasteiger partial charge on any atom is -0.354 e. The molecule has 0 bridgehead atoms. The van der Waals surface area contributed by atoms with Crippen LogP contribution in [-0.2, 0) is 4.79 Å². The van der Waals surface area contributed by atoms with Gasteiger partial charge in [-0.2, -0.15) is 0 Å². The first-order valence-corrected chi connectivity index (χ1v) is 5.99. The molecule has 1 aromatic carbocycles. The summed E-state index contributed by atoms with van der Waals surface area (Å²) in [5.74, 6) is 0.135.